The Hall–Kier alpha value is -1.49. The predicted molar refractivity (Wildman–Crippen MR) is 110 cm³/mol. The molecule has 0 aliphatic rings. The molecule has 0 aliphatic heterocycles. The molecular weight excluding hydrogens is 342 g/mol. The third kappa shape index (κ3) is 6.35. The van der Waals surface area contributed by atoms with Crippen molar-refractivity contribution >= 4 is 17.1 Å². The molecule has 1 aromatic carbocycles. The zero-order valence-corrected chi connectivity index (χ0v) is 17.0. The van der Waals surface area contributed by atoms with E-state index < -0.39 is 5.54 Å². The topological polar surface area (TPSA) is 63.3 Å². The number of thiophene rings is 1. The highest BCUT2D eigenvalue weighted by Gasteiger charge is 2.16. The van der Waals surface area contributed by atoms with E-state index in [1.165, 1.54) is 21.6 Å². The molecule has 0 spiro atoms. The van der Waals surface area contributed by atoms with Crippen molar-refractivity contribution in [2.75, 3.05) is 6.61 Å². The minimum atomic E-state index is -0.510. The van der Waals surface area contributed by atoms with E-state index in [0.29, 0.717) is 6.42 Å². The fraction of sp³-hybridized carbons (Fsp3) is 0.500. The molecule has 142 valence electrons. The van der Waals surface area contributed by atoms with Crippen LogP contribution in [0.15, 0.2) is 30.3 Å². The number of rotatable bonds is 10. The highest BCUT2D eigenvalue weighted by Crippen LogP contribution is 2.22. The largest absolute Gasteiger partial charge is 0.394 e. The molecule has 0 bridgehead atoms. The van der Waals surface area contributed by atoms with E-state index >= 15 is 0 Å². The summed E-state index contributed by atoms with van der Waals surface area (Å²) in [6.07, 6.45) is 5.04. The number of benzene rings is 1. The Morgan fingerprint density at radius 3 is 2.58 bits per heavy atom. The summed E-state index contributed by atoms with van der Waals surface area (Å²) in [4.78, 5) is 14.5. The van der Waals surface area contributed by atoms with Gasteiger partial charge in [0, 0.05) is 16.8 Å². The summed E-state index contributed by atoms with van der Waals surface area (Å²) < 4.78 is 0. The maximum Gasteiger partial charge on any atom is 0.172 e. The molecule has 0 saturated carbocycles. The number of hydrogen-bond donors (Lipinski definition) is 2. The maximum atomic E-state index is 12.4. The van der Waals surface area contributed by atoms with E-state index in [1.807, 2.05) is 19.1 Å². The molecule has 2 rings (SSSR count). The Kier molecular flexibility index (Phi) is 7.56. The molecule has 0 radical (unpaired) electrons. The van der Waals surface area contributed by atoms with Gasteiger partial charge in [0.05, 0.1) is 11.5 Å². The highest BCUT2D eigenvalue weighted by molar-refractivity contribution is 7.14. The number of aliphatic hydroxyl groups is 1. The molecule has 1 unspecified atom stereocenters. The molecule has 3 nitrogen and oxygen atoms in total. The fourth-order valence-corrected chi connectivity index (χ4v) is 3.96. The molecule has 3 N–H and O–H groups in total. The Balaban J connectivity index is 1.77. The van der Waals surface area contributed by atoms with Gasteiger partial charge >= 0.3 is 0 Å². The minimum absolute atomic E-state index is 0.00167. The summed E-state index contributed by atoms with van der Waals surface area (Å²) in [5, 5.41) is 9.19. The third-order valence-corrected chi connectivity index (χ3v) is 6.10. The van der Waals surface area contributed by atoms with E-state index in [-0.39, 0.29) is 12.4 Å². The second-order valence-electron chi connectivity index (χ2n) is 7.63. The second kappa shape index (κ2) is 9.45. The lowest BCUT2D eigenvalue weighted by Crippen LogP contribution is -2.40. The number of carbonyl (C=O) groups excluding carboxylic acids is 1. The summed E-state index contributed by atoms with van der Waals surface area (Å²) in [7, 11) is 0. The lowest BCUT2D eigenvalue weighted by molar-refractivity contribution is 0.0984. The van der Waals surface area contributed by atoms with Gasteiger partial charge < -0.3 is 10.8 Å². The molecule has 1 aromatic heterocycles. The number of nitrogens with two attached hydrogens (primary N) is 1. The van der Waals surface area contributed by atoms with Gasteiger partial charge in [-0.05, 0) is 81.7 Å². The Labute approximate surface area is 161 Å². The van der Waals surface area contributed by atoms with Crippen LogP contribution in [0.2, 0.25) is 0 Å². The van der Waals surface area contributed by atoms with Crippen LogP contribution in [0, 0.1) is 13.8 Å². The first kappa shape index (κ1) is 20.8. The van der Waals surface area contributed by atoms with E-state index in [4.69, 9.17) is 5.73 Å². The summed E-state index contributed by atoms with van der Waals surface area (Å²) in [6.45, 7) is 6.12. The van der Waals surface area contributed by atoms with Gasteiger partial charge in [-0.15, -0.1) is 11.3 Å². The number of ketones is 1. The van der Waals surface area contributed by atoms with Crippen molar-refractivity contribution in [3.05, 3.63) is 56.8 Å². The molecule has 2 aromatic rings. The SMILES string of the molecule is Cc1ccc(CCCC(=O)c2ccc(CCCC(C)(N)CO)s2)cc1C. The fourth-order valence-electron chi connectivity index (χ4n) is 2.94. The summed E-state index contributed by atoms with van der Waals surface area (Å²) in [6, 6.07) is 10.5. The molecule has 4 heteroatoms. The van der Waals surface area contributed by atoms with Crippen LogP contribution in [0.3, 0.4) is 0 Å². The van der Waals surface area contributed by atoms with Crippen molar-refractivity contribution < 1.29 is 9.90 Å². The van der Waals surface area contributed by atoms with Crippen LogP contribution in [0.5, 0.6) is 0 Å². The smallest absolute Gasteiger partial charge is 0.172 e. The van der Waals surface area contributed by atoms with Crippen LogP contribution < -0.4 is 5.73 Å². The third-order valence-electron chi connectivity index (χ3n) is 4.91. The number of carbonyl (C=O) groups is 1. The van der Waals surface area contributed by atoms with Crippen LogP contribution in [0.25, 0.3) is 0 Å². The summed E-state index contributed by atoms with van der Waals surface area (Å²) >= 11 is 1.60. The highest BCUT2D eigenvalue weighted by atomic mass is 32.1. The second-order valence-corrected chi connectivity index (χ2v) is 8.80. The van der Waals surface area contributed by atoms with Crippen molar-refractivity contribution in [2.24, 2.45) is 5.73 Å². The van der Waals surface area contributed by atoms with Crippen LogP contribution in [-0.4, -0.2) is 23.0 Å². The molecule has 0 amide bonds. The predicted octanol–water partition coefficient (Wildman–Crippen LogP) is 4.60. The molecule has 1 atom stereocenters. The van der Waals surface area contributed by atoms with Crippen LogP contribution >= 0.6 is 11.3 Å². The van der Waals surface area contributed by atoms with E-state index in [1.54, 1.807) is 11.3 Å². The van der Waals surface area contributed by atoms with E-state index in [9.17, 15) is 9.90 Å². The van der Waals surface area contributed by atoms with Gasteiger partial charge in [-0.3, -0.25) is 4.79 Å². The standard InChI is InChI=1S/C22H31NO2S/c1-16-9-10-18(14-17(16)2)6-4-8-20(25)21-12-11-19(26-21)7-5-13-22(3,23)15-24/h9-12,14,24H,4-8,13,15,23H2,1-3H3. The minimum Gasteiger partial charge on any atom is -0.394 e. The average Bonchev–Trinajstić information content (AvgIpc) is 3.07. The number of aliphatic hydroxyl groups excluding tert-OH is 1. The molecule has 0 fully saturated rings. The van der Waals surface area contributed by atoms with Gasteiger partial charge in [-0.25, -0.2) is 0 Å². The zero-order chi connectivity index (χ0) is 19.2. The van der Waals surface area contributed by atoms with Gasteiger partial charge in [0.25, 0.3) is 0 Å². The van der Waals surface area contributed by atoms with Crippen LogP contribution in [0.4, 0.5) is 0 Å². The number of Topliss-reactive ketones (excluding diaryl/α,β-unsaturated/α-hetero) is 1. The molecule has 1 heterocycles. The molecule has 26 heavy (non-hydrogen) atoms. The van der Waals surface area contributed by atoms with Gasteiger partial charge in [-0.1, -0.05) is 18.2 Å². The number of hydrogen-bond acceptors (Lipinski definition) is 4. The normalized spacial score (nSPS) is 13.6. The lowest BCUT2D eigenvalue weighted by atomic mass is 9.97. The quantitative estimate of drug-likeness (QED) is 0.598. The van der Waals surface area contributed by atoms with Crippen molar-refractivity contribution in [2.45, 2.75) is 64.8 Å². The molecule has 0 aliphatic carbocycles. The first-order chi connectivity index (χ1) is 12.3. The van der Waals surface area contributed by atoms with Crippen LogP contribution in [-0.2, 0) is 12.8 Å². The molecule has 0 saturated heterocycles. The van der Waals surface area contributed by atoms with Crippen molar-refractivity contribution in [3.8, 4) is 0 Å². The van der Waals surface area contributed by atoms with Gasteiger partial charge in [0.15, 0.2) is 5.78 Å². The van der Waals surface area contributed by atoms with Crippen molar-refractivity contribution in [1.29, 1.82) is 0 Å². The Morgan fingerprint density at radius 2 is 1.88 bits per heavy atom. The van der Waals surface area contributed by atoms with Crippen LogP contribution in [0.1, 0.15) is 63.8 Å². The summed E-state index contributed by atoms with van der Waals surface area (Å²) in [5.41, 5.74) is 9.37. The van der Waals surface area contributed by atoms with E-state index in [2.05, 4.69) is 32.0 Å². The first-order valence-corrected chi connectivity index (χ1v) is 10.2. The Bertz CT molecular complexity index is 733. The maximum absolute atomic E-state index is 12.4. The van der Waals surface area contributed by atoms with Gasteiger partial charge in [0.2, 0.25) is 0 Å². The monoisotopic (exact) mass is 373 g/mol. The van der Waals surface area contributed by atoms with Crippen molar-refractivity contribution in [1.82, 2.24) is 0 Å². The van der Waals surface area contributed by atoms with Gasteiger partial charge in [-0.2, -0.15) is 0 Å². The lowest BCUT2D eigenvalue weighted by Gasteiger charge is -2.20. The first-order valence-electron chi connectivity index (χ1n) is 9.38. The number of aryl methyl sites for hydroxylation is 4. The van der Waals surface area contributed by atoms with Crippen molar-refractivity contribution in [3.63, 3.8) is 0 Å². The Morgan fingerprint density at radius 1 is 1.12 bits per heavy atom. The average molecular weight is 374 g/mol. The zero-order valence-electron chi connectivity index (χ0n) is 16.2. The molecular formula is C22H31NO2S. The summed E-state index contributed by atoms with van der Waals surface area (Å²) in [5.74, 6) is 0.240. The van der Waals surface area contributed by atoms with E-state index in [0.717, 1.165) is 37.0 Å². The van der Waals surface area contributed by atoms with Gasteiger partial charge in [0.1, 0.15) is 0 Å².